The second kappa shape index (κ2) is 9.00. The fourth-order valence-electron chi connectivity index (χ4n) is 2.67. The van der Waals surface area contributed by atoms with Gasteiger partial charge in [0.05, 0.1) is 12.7 Å². The number of hydrogen-bond donors (Lipinski definition) is 2. The summed E-state index contributed by atoms with van der Waals surface area (Å²) in [4.78, 5) is 14.0. The molecule has 0 aromatic heterocycles. The van der Waals surface area contributed by atoms with Crippen molar-refractivity contribution in [2.24, 2.45) is 0 Å². The van der Waals surface area contributed by atoms with Gasteiger partial charge in [-0.3, -0.25) is 4.90 Å². The van der Waals surface area contributed by atoms with Crippen LogP contribution in [-0.4, -0.2) is 55.9 Å². The molecule has 6 heteroatoms. The molecular formula is C15H23ClN2O3. The highest BCUT2D eigenvalue weighted by atomic mass is 35.5. The van der Waals surface area contributed by atoms with Gasteiger partial charge < -0.3 is 15.2 Å². The molecule has 1 aromatic rings. The zero-order valence-electron chi connectivity index (χ0n) is 12.2. The normalized spacial score (nSPS) is 16.9. The van der Waals surface area contributed by atoms with Crippen LogP contribution in [0.2, 0.25) is 0 Å². The van der Waals surface area contributed by atoms with E-state index in [-0.39, 0.29) is 31.0 Å². The molecule has 0 amide bonds. The number of rotatable bonds is 5. The topological polar surface area (TPSA) is 61.8 Å². The number of methoxy groups -OCH3 is 1. The second-order valence-electron chi connectivity index (χ2n) is 4.93. The molecular weight excluding hydrogens is 292 g/mol. The first-order valence-corrected chi connectivity index (χ1v) is 7.00. The van der Waals surface area contributed by atoms with Crippen LogP contribution in [0.1, 0.15) is 28.4 Å². The van der Waals surface area contributed by atoms with E-state index in [2.05, 4.69) is 10.2 Å². The predicted molar refractivity (Wildman–Crippen MR) is 83.9 cm³/mol. The number of ether oxygens (including phenoxy) is 1. The lowest BCUT2D eigenvalue weighted by atomic mass is 9.99. The van der Waals surface area contributed by atoms with E-state index in [0.29, 0.717) is 12.0 Å². The zero-order chi connectivity index (χ0) is 14.4. The maximum atomic E-state index is 11.6. The monoisotopic (exact) mass is 314 g/mol. The largest absolute Gasteiger partial charge is 0.465 e. The van der Waals surface area contributed by atoms with Gasteiger partial charge in [-0.05, 0) is 24.1 Å². The van der Waals surface area contributed by atoms with Gasteiger partial charge in [0.25, 0.3) is 0 Å². The van der Waals surface area contributed by atoms with Gasteiger partial charge in [0.1, 0.15) is 0 Å². The van der Waals surface area contributed by atoms with Crippen molar-refractivity contribution in [2.45, 2.75) is 12.5 Å². The highest BCUT2D eigenvalue weighted by Gasteiger charge is 2.22. The van der Waals surface area contributed by atoms with Crippen LogP contribution in [0.4, 0.5) is 0 Å². The molecule has 1 aromatic carbocycles. The van der Waals surface area contributed by atoms with Crippen LogP contribution in [0.15, 0.2) is 24.3 Å². The van der Waals surface area contributed by atoms with Gasteiger partial charge in [0, 0.05) is 38.8 Å². The molecule has 2 N–H and O–H groups in total. The van der Waals surface area contributed by atoms with Gasteiger partial charge in [-0.1, -0.05) is 12.1 Å². The second-order valence-corrected chi connectivity index (χ2v) is 4.93. The smallest absolute Gasteiger partial charge is 0.337 e. The third-order valence-electron chi connectivity index (χ3n) is 3.69. The number of benzene rings is 1. The first-order valence-electron chi connectivity index (χ1n) is 7.00. The van der Waals surface area contributed by atoms with E-state index in [1.54, 1.807) is 6.07 Å². The Bertz CT molecular complexity index is 450. The molecule has 1 saturated heterocycles. The number of aliphatic hydroxyl groups is 1. The lowest BCUT2D eigenvalue weighted by Gasteiger charge is -2.35. The number of carbonyl (C=O) groups is 1. The van der Waals surface area contributed by atoms with Gasteiger partial charge in [-0.25, -0.2) is 4.79 Å². The summed E-state index contributed by atoms with van der Waals surface area (Å²) in [5, 5.41) is 12.6. The van der Waals surface area contributed by atoms with Crippen LogP contribution in [0.5, 0.6) is 0 Å². The third-order valence-corrected chi connectivity index (χ3v) is 3.69. The third kappa shape index (κ3) is 4.68. The number of carbonyl (C=O) groups excluding carboxylic acids is 1. The lowest BCUT2D eigenvalue weighted by molar-refractivity contribution is 0.0600. The molecule has 0 bridgehead atoms. The molecule has 1 aliphatic heterocycles. The Hall–Kier alpha value is -1.14. The van der Waals surface area contributed by atoms with Crippen LogP contribution < -0.4 is 5.32 Å². The Labute approximate surface area is 131 Å². The number of hydrogen-bond acceptors (Lipinski definition) is 5. The van der Waals surface area contributed by atoms with Crippen LogP contribution >= 0.6 is 12.4 Å². The molecule has 0 spiro atoms. The molecule has 2 rings (SSSR count). The Kier molecular flexibility index (Phi) is 7.67. The number of halogens is 1. The molecule has 1 aliphatic rings. The van der Waals surface area contributed by atoms with Crippen LogP contribution in [-0.2, 0) is 4.74 Å². The van der Waals surface area contributed by atoms with E-state index in [1.807, 2.05) is 18.2 Å². The quantitative estimate of drug-likeness (QED) is 0.800. The summed E-state index contributed by atoms with van der Waals surface area (Å²) < 4.78 is 4.76. The number of aliphatic hydroxyl groups excluding tert-OH is 1. The van der Waals surface area contributed by atoms with Crippen LogP contribution in [0.3, 0.4) is 0 Å². The van der Waals surface area contributed by atoms with Gasteiger partial charge >= 0.3 is 5.97 Å². The van der Waals surface area contributed by atoms with Crippen molar-refractivity contribution in [2.75, 3.05) is 39.9 Å². The van der Waals surface area contributed by atoms with E-state index >= 15 is 0 Å². The van der Waals surface area contributed by atoms with Crippen molar-refractivity contribution in [3.63, 3.8) is 0 Å². The first-order chi connectivity index (χ1) is 9.76. The van der Waals surface area contributed by atoms with Crippen molar-refractivity contribution < 1.29 is 14.6 Å². The molecule has 0 unspecified atom stereocenters. The Morgan fingerprint density at radius 2 is 2.14 bits per heavy atom. The molecule has 1 heterocycles. The van der Waals surface area contributed by atoms with Crippen molar-refractivity contribution in [3.05, 3.63) is 35.4 Å². The van der Waals surface area contributed by atoms with E-state index < -0.39 is 0 Å². The molecule has 0 saturated carbocycles. The van der Waals surface area contributed by atoms with Crippen molar-refractivity contribution in [1.29, 1.82) is 0 Å². The SMILES string of the molecule is COC(=O)c1cccc([C@H](CCO)N2CCNCC2)c1.Cl. The molecule has 21 heavy (non-hydrogen) atoms. The minimum atomic E-state index is -0.324. The zero-order valence-corrected chi connectivity index (χ0v) is 13.1. The number of nitrogens with zero attached hydrogens (tertiary/aromatic N) is 1. The highest BCUT2D eigenvalue weighted by molar-refractivity contribution is 5.89. The lowest BCUT2D eigenvalue weighted by Crippen LogP contribution is -2.45. The summed E-state index contributed by atoms with van der Waals surface area (Å²) in [6.07, 6.45) is 0.671. The molecule has 118 valence electrons. The summed E-state index contributed by atoms with van der Waals surface area (Å²) in [5.41, 5.74) is 1.62. The predicted octanol–water partition coefficient (Wildman–Crippen LogP) is 1.22. The highest BCUT2D eigenvalue weighted by Crippen LogP contribution is 2.25. The molecule has 0 aliphatic carbocycles. The average Bonchev–Trinajstić information content (AvgIpc) is 2.52. The Balaban J connectivity index is 0.00000220. The fraction of sp³-hybridized carbons (Fsp3) is 0.533. The van der Waals surface area contributed by atoms with E-state index in [4.69, 9.17) is 4.74 Å². The minimum absolute atomic E-state index is 0. The van der Waals surface area contributed by atoms with E-state index in [1.165, 1.54) is 7.11 Å². The standard InChI is InChI=1S/C15H22N2O3.ClH/c1-20-15(19)13-4-2-3-12(11-13)14(5-10-18)17-8-6-16-7-9-17;/h2-4,11,14,16,18H,5-10H2,1H3;1H/t14-;/m0./s1. The summed E-state index contributed by atoms with van der Waals surface area (Å²) >= 11 is 0. The van der Waals surface area contributed by atoms with Crippen molar-refractivity contribution in [1.82, 2.24) is 10.2 Å². The Morgan fingerprint density at radius 3 is 2.76 bits per heavy atom. The maximum Gasteiger partial charge on any atom is 0.337 e. The molecule has 1 atom stereocenters. The average molecular weight is 315 g/mol. The minimum Gasteiger partial charge on any atom is -0.465 e. The number of nitrogens with one attached hydrogen (secondary N) is 1. The van der Waals surface area contributed by atoms with E-state index in [9.17, 15) is 9.90 Å². The van der Waals surface area contributed by atoms with Crippen LogP contribution in [0, 0.1) is 0 Å². The van der Waals surface area contributed by atoms with Gasteiger partial charge in [0.15, 0.2) is 0 Å². The number of esters is 1. The summed E-state index contributed by atoms with van der Waals surface area (Å²) in [7, 11) is 1.39. The Morgan fingerprint density at radius 1 is 1.43 bits per heavy atom. The first kappa shape index (κ1) is 17.9. The summed E-state index contributed by atoms with van der Waals surface area (Å²) in [5.74, 6) is -0.324. The maximum absolute atomic E-state index is 11.6. The molecule has 1 fully saturated rings. The van der Waals surface area contributed by atoms with Gasteiger partial charge in [-0.15, -0.1) is 12.4 Å². The van der Waals surface area contributed by atoms with E-state index in [0.717, 1.165) is 31.7 Å². The van der Waals surface area contributed by atoms with Crippen molar-refractivity contribution in [3.8, 4) is 0 Å². The van der Waals surface area contributed by atoms with Gasteiger partial charge in [-0.2, -0.15) is 0 Å². The van der Waals surface area contributed by atoms with Gasteiger partial charge in [0.2, 0.25) is 0 Å². The van der Waals surface area contributed by atoms with Crippen LogP contribution in [0.25, 0.3) is 0 Å². The molecule has 5 nitrogen and oxygen atoms in total. The summed E-state index contributed by atoms with van der Waals surface area (Å²) in [6, 6.07) is 7.65. The number of piperazine rings is 1. The van der Waals surface area contributed by atoms with Crippen molar-refractivity contribution >= 4 is 18.4 Å². The summed E-state index contributed by atoms with van der Waals surface area (Å²) in [6.45, 7) is 3.95. The molecule has 0 radical (unpaired) electrons. The fourth-order valence-corrected chi connectivity index (χ4v) is 2.67.